The van der Waals surface area contributed by atoms with Crippen LogP contribution < -0.4 is 5.32 Å². The highest BCUT2D eigenvalue weighted by molar-refractivity contribution is 7.11. The van der Waals surface area contributed by atoms with Gasteiger partial charge in [0, 0.05) is 31.4 Å². The maximum absolute atomic E-state index is 11.5. The highest BCUT2D eigenvalue weighted by Crippen LogP contribution is 2.27. The van der Waals surface area contributed by atoms with E-state index in [-0.39, 0.29) is 5.91 Å². The van der Waals surface area contributed by atoms with Gasteiger partial charge in [-0.1, -0.05) is 0 Å². The van der Waals surface area contributed by atoms with E-state index in [1.54, 1.807) is 18.4 Å². The van der Waals surface area contributed by atoms with Gasteiger partial charge in [0.15, 0.2) is 0 Å². The molecule has 0 aromatic carbocycles. The maximum atomic E-state index is 11.5. The summed E-state index contributed by atoms with van der Waals surface area (Å²) < 4.78 is 4.89. The Bertz CT molecular complexity index is 380. The number of carbonyl (C=O) groups excluding carboxylic acids is 1. The van der Waals surface area contributed by atoms with Crippen LogP contribution in [-0.4, -0.2) is 31.2 Å². The number of fused-ring (bicyclic) bond motifs is 1. The standard InChI is InChI=1S/C13H20N2O2S/c1-17-9-8-14-12(16)6-7-13-15-10-4-2-3-5-11(10)18-13/h2-9H2,1H3,(H,14,16). The fourth-order valence-corrected chi connectivity index (χ4v) is 3.27. The molecule has 1 N–H and O–H groups in total. The summed E-state index contributed by atoms with van der Waals surface area (Å²) in [7, 11) is 1.63. The average Bonchev–Trinajstić information content (AvgIpc) is 2.79. The van der Waals surface area contributed by atoms with Gasteiger partial charge in [-0.3, -0.25) is 4.79 Å². The molecule has 0 atom stereocenters. The minimum atomic E-state index is 0.0835. The Morgan fingerprint density at radius 1 is 1.44 bits per heavy atom. The van der Waals surface area contributed by atoms with Gasteiger partial charge in [-0.25, -0.2) is 4.98 Å². The SMILES string of the molecule is COCCNC(=O)CCc1nc2c(s1)CCCC2. The van der Waals surface area contributed by atoms with E-state index in [1.165, 1.54) is 29.8 Å². The number of rotatable bonds is 6. The fourth-order valence-electron chi connectivity index (χ4n) is 2.11. The molecule has 0 bridgehead atoms. The van der Waals surface area contributed by atoms with Crippen molar-refractivity contribution in [3.8, 4) is 0 Å². The number of aryl methyl sites for hydroxylation is 3. The first-order valence-corrected chi connectivity index (χ1v) is 7.34. The second-order valence-corrected chi connectivity index (χ2v) is 5.70. The van der Waals surface area contributed by atoms with Gasteiger partial charge < -0.3 is 10.1 Å². The second kappa shape index (κ2) is 6.85. The van der Waals surface area contributed by atoms with Crippen molar-refractivity contribution in [3.05, 3.63) is 15.6 Å². The Morgan fingerprint density at radius 3 is 3.06 bits per heavy atom. The number of nitrogens with zero attached hydrogens (tertiary/aromatic N) is 1. The minimum absolute atomic E-state index is 0.0835. The monoisotopic (exact) mass is 268 g/mol. The topological polar surface area (TPSA) is 51.2 Å². The molecule has 18 heavy (non-hydrogen) atoms. The van der Waals surface area contributed by atoms with Crippen molar-refractivity contribution < 1.29 is 9.53 Å². The summed E-state index contributed by atoms with van der Waals surface area (Å²) in [5.41, 5.74) is 1.28. The lowest BCUT2D eigenvalue weighted by molar-refractivity contribution is -0.121. The molecule has 1 aromatic heterocycles. The molecule has 1 aromatic rings. The molecular weight excluding hydrogens is 248 g/mol. The molecule has 0 unspecified atom stereocenters. The van der Waals surface area contributed by atoms with Crippen molar-refractivity contribution >= 4 is 17.2 Å². The molecule has 1 amide bonds. The van der Waals surface area contributed by atoms with E-state index in [0.29, 0.717) is 19.6 Å². The highest BCUT2D eigenvalue weighted by Gasteiger charge is 2.15. The number of ether oxygens (including phenoxy) is 1. The molecule has 0 spiro atoms. The Labute approximate surface area is 112 Å². The number of amides is 1. The minimum Gasteiger partial charge on any atom is -0.383 e. The van der Waals surface area contributed by atoms with Crippen molar-refractivity contribution in [2.75, 3.05) is 20.3 Å². The van der Waals surface area contributed by atoms with Gasteiger partial charge in [-0.15, -0.1) is 11.3 Å². The van der Waals surface area contributed by atoms with Crippen LogP contribution in [-0.2, 0) is 28.8 Å². The highest BCUT2D eigenvalue weighted by atomic mass is 32.1. The van der Waals surface area contributed by atoms with Crippen LogP contribution in [0.2, 0.25) is 0 Å². The number of methoxy groups -OCH3 is 1. The Kier molecular flexibility index (Phi) is 5.13. The van der Waals surface area contributed by atoms with E-state index >= 15 is 0 Å². The van der Waals surface area contributed by atoms with Crippen LogP contribution in [0.3, 0.4) is 0 Å². The predicted octanol–water partition coefficient (Wildman–Crippen LogP) is 1.72. The van der Waals surface area contributed by atoms with Crippen LogP contribution in [0.25, 0.3) is 0 Å². The Hall–Kier alpha value is -0.940. The lowest BCUT2D eigenvalue weighted by Crippen LogP contribution is -2.27. The molecule has 5 heteroatoms. The number of nitrogens with one attached hydrogen (secondary N) is 1. The van der Waals surface area contributed by atoms with E-state index in [2.05, 4.69) is 10.3 Å². The van der Waals surface area contributed by atoms with E-state index in [1.807, 2.05) is 0 Å². The second-order valence-electron chi connectivity index (χ2n) is 4.53. The average molecular weight is 268 g/mol. The van der Waals surface area contributed by atoms with Crippen LogP contribution in [0.5, 0.6) is 0 Å². The van der Waals surface area contributed by atoms with E-state index in [0.717, 1.165) is 17.8 Å². The van der Waals surface area contributed by atoms with Crippen LogP contribution >= 0.6 is 11.3 Å². The smallest absolute Gasteiger partial charge is 0.220 e. The summed E-state index contributed by atoms with van der Waals surface area (Å²) in [6.45, 7) is 1.15. The molecular formula is C13H20N2O2S. The van der Waals surface area contributed by atoms with Gasteiger partial charge in [0.25, 0.3) is 0 Å². The van der Waals surface area contributed by atoms with E-state index in [9.17, 15) is 4.79 Å². The first-order valence-electron chi connectivity index (χ1n) is 6.52. The molecule has 2 rings (SSSR count). The number of thiazole rings is 1. The van der Waals surface area contributed by atoms with Gasteiger partial charge in [-0.2, -0.15) is 0 Å². The van der Waals surface area contributed by atoms with Crippen molar-refractivity contribution in [1.82, 2.24) is 10.3 Å². The first kappa shape index (κ1) is 13.5. The zero-order chi connectivity index (χ0) is 12.8. The van der Waals surface area contributed by atoms with Gasteiger partial charge in [0.05, 0.1) is 17.3 Å². The van der Waals surface area contributed by atoms with Crippen LogP contribution in [0.1, 0.15) is 34.8 Å². The quantitative estimate of drug-likeness (QED) is 0.799. The summed E-state index contributed by atoms with van der Waals surface area (Å²) in [5, 5.41) is 3.94. The van der Waals surface area contributed by atoms with Gasteiger partial charge in [0.1, 0.15) is 0 Å². The van der Waals surface area contributed by atoms with Crippen molar-refractivity contribution in [2.45, 2.75) is 38.5 Å². The molecule has 100 valence electrons. The lowest BCUT2D eigenvalue weighted by Gasteiger charge is -2.06. The van der Waals surface area contributed by atoms with Gasteiger partial charge in [-0.05, 0) is 25.7 Å². The molecule has 0 aliphatic heterocycles. The largest absolute Gasteiger partial charge is 0.383 e. The first-order chi connectivity index (χ1) is 8.79. The Balaban J connectivity index is 1.76. The Morgan fingerprint density at radius 2 is 2.28 bits per heavy atom. The van der Waals surface area contributed by atoms with Crippen molar-refractivity contribution in [1.29, 1.82) is 0 Å². The number of carbonyl (C=O) groups is 1. The fraction of sp³-hybridized carbons (Fsp3) is 0.692. The van der Waals surface area contributed by atoms with E-state index < -0.39 is 0 Å². The predicted molar refractivity (Wildman–Crippen MR) is 72.0 cm³/mol. The van der Waals surface area contributed by atoms with Crippen LogP contribution in [0, 0.1) is 0 Å². The molecule has 0 saturated carbocycles. The molecule has 0 saturated heterocycles. The summed E-state index contributed by atoms with van der Waals surface area (Å²) in [5.74, 6) is 0.0835. The van der Waals surface area contributed by atoms with Crippen LogP contribution in [0.4, 0.5) is 0 Å². The number of hydrogen-bond donors (Lipinski definition) is 1. The summed E-state index contributed by atoms with van der Waals surface area (Å²) in [6, 6.07) is 0. The third kappa shape index (κ3) is 3.78. The molecule has 0 radical (unpaired) electrons. The van der Waals surface area contributed by atoms with Crippen LogP contribution in [0.15, 0.2) is 0 Å². The lowest BCUT2D eigenvalue weighted by atomic mass is 10.0. The molecule has 1 aliphatic rings. The molecule has 4 nitrogen and oxygen atoms in total. The molecule has 0 fully saturated rings. The summed E-state index contributed by atoms with van der Waals surface area (Å²) in [4.78, 5) is 17.6. The normalized spacial score (nSPS) is 14.3. The third-order valence-electron chi connectivity index (χ3n) is 3.08. The molecule has 1 aliphatic carbocycles. The summed E-state index contributed by atoms with van der Waals surface area (Å²) in [6.07, 6.45) is 6.12. The zero-order valence-corrected chi connectivity index (χ0v) is 11.6. The van der Waals surface area contributed by atoms with Crippen molar-refractivity contribution in [3.63, 3.8) is 0 Å². The maximum Gasteiger partial charge on any atom is 0.220 e. The number of aromatic nitrogens is 1. The van der Waals surface area contributed by atoms with Gasteiger partial charge in [0.2, 0.25) is 5.91 Å². The number of hydrogen-bond acceptors (Lipinski definition) is 4. The van der Waals surface area contributed by atoms with Crippen molar-refractivity contribution in [2.24, 2.45) is 0 Å². The van der Waals surface area contributed by atoms with E-state index in [4.69, 9.17) is 4.74 Å². The zero-order valence-electron chi connectivity index (χ0n) is 10.8. The molecule has 1 heterocycles. The third-order valence-corrected chi connectivity index (χ3v) is 4.30. The summed E-state index contributed by atoms with van der Waals surface area (Å²) >= 11 is 1.79. The van der Waals surface area contributed by atoms with Gasteiger partial charge >= 0.3 is 0 Å².